The molecule has 0 aromatic rings. The number of quaternary nitrogens is 1. The Labute approximate surface area is 463 Å². The molecule has 9 nitrogen and oxygen atoms in total. The van der Waals surface area contributed by atoms with Gasteiger partial charge in [0, 0.05) is 12.8 Å². The fraction of sp³-hybridized carbons (Fsp3) is 0.785. The second-order valence-electron chi connectivity index (χ2n) is 22.0. The molecule has 2 unspecified atom stereocenters. The number of hydrogen-bond acceptors (Lipinski definition) is 8. The van der Waals surface area contributed by atoms with E-state index in [-0.39, 0.29) is 32.0 Å². The van der Waals surface area contributed by atoms with Gasteiger partial charge in [0.1, 0.15) is 19.8 Å². The van der Waals surface area contributed by atoms with Gasteiger partial charge >= 0.3 is 11.9 Å². The van der Waals surface area contributed by atoms with Crippen LogP contribution >= 0.6 is 7.82 Å². The number of unbranched alkanes of at least 4 members (excludes halogenated alkanes) is 31. The van der Waals surface area contributed by atoms with Crippen molar-refractivity contribution < 1.29 is 42.1 Å². The maximum atomic E-state index is 12.8. The number of esters is 2. The Kier molecular flexibility index (Phi) is 54.3. The molecule has 436 valence electrons. The van der Waals surface area contributed by atoms with Gasteiger partial charge in [0.15, 0.2) is 6.10 Å². The summed E-state index contributed by atoms with van der Waals surface area (Å²) in [7, 11) is 1.17. The summed E-state index contributed by atoms with van der Waals surface area (Å²) >= 11 is 0. The fourth-order valence-corrected chi connectivity index (χ4v) is 9.41. The number of phosphoric acid groups is 1. The van der Waals surface area contributed by atoms with Gasteiger partial charge in [-0.25, -0.2) is 0 Å². The first-order valence-electron chi connectivity index (χ1n) is 31.1. The number of phosphoric ester groups is 1. The van der Waals surface area contributed by atoms with Crippen LogP contribution in [0.1, 0.15) is 277 Å². The minimum absolute atomic E-state index is 0.0327. The normalized spacial score (nSPS) is 13.7. The monoisotopic (exact) mass is 1070 g/mol. The molecular formula is C65H118NO8P. The summed E-state index contributed by atoms with van der Waals surface area (Å²) in [5, 5.41) is 0. The maximum absolute atomic E-state index is 12.8. The van der Waals surface area contributed by atoms with Crippen LogP contribution in [0.15, 0.2) is 72.9 Å². The van der Waals surface area contributed by atoms with Gasteiger partial charge in [0.25, 0.3) is 7.82 Å². The number of rotatable bonds is 57. The molecule has 75 heavy (non-hydrogen) atoms. The minimum Gasteiger partial charge on any atom is -0.756 e. The molecule has 0 saturated heterocycles. The molecule has 0 bridgehead atoms. The van der Waals surface area contributed by atoms with Crippen molar-refractivity contribution in [2.45, 2.75) is 283 Å². The van der Waals surface area contributed by atoms with E-state index in [9.17, 15) is 19.0 Å². The number of carbonyl (C=O) groups excluding carboxylic acids is 2. The highest BCUT2D eigenvalue weighted by molar-refractivity contribution is 7.45. The van der Waals surface area contributed by atoms with E-state index in [4.69, 9.17) is 18.5 Å². The van der Waals surface area contributed by atoms with Crippen LogP contribution in [0.25, 0.3) is 0 Å². The number of nitrogens with zero attached hydrogens (tertiary/aromatic N) is 1. The van der Waals surface area contributed by atoms with E-state index in [0.29, 0.717) is 17.4 Å². The van der Waals surface area contributed by atoms with Crippen molar-refractivity contribution in [1.82, 2.24) is 0 Å². The maximum Gasteiger partial charge on any atom is 0.306 e. The molecule has 0 aliphatic heterocycles. The molecule has 0 N–H and O–H groups in total. The van der Waals surface area contributed by atoms with Crippen LogP contribution in [-0.4, -0.2) is 70.0 Å². The van der Waals surface area contributed by atoms with Crippen LogP contribution in [-0.2, 0) is 32.7 Å². The molecule has 0 aromatic carbocycles. The standard InChI is InChI=1S/C65H118NO8P/c1-6-8-10-12-14-16-18-20-22-24-26-27-28-29-30-31-32-33-34-35-36-37-38-39-40-42-44-46-48-50-52-54-56-58-65(68)74-63(62-73-75(69,70)72-60-59-66(3,4)5)61-71-64(67)57-55-53-51-49-47-45-43-41-25-23-21-19-17-15-13-11-9-7-2/h8,10,14,16-17,19-20,22-23,25-27,63H,6-7,9,11-13,15,18,21,24,28-62H2,1-5H3/b10-8-,16-14-,19-17-,22-20-,25-23-,27-26-. The van der Waals surface area contributed by atoms with Crippen molar-refractivity contribution in [1.29, 1.82) is 0 Å². The third-order valence-corrected chi connectivity index (χ3v) is 14.4. The van der Waals surface area contributed by atoms with E-state index in [1.54, 1.807) is 0 Å². The summed E-state index contributed by atoms with van der Waals surface area (Å²) in [6.07, 6.45) is 73.9. The largest absolute Gasteiger partial charge is 0.756 e. The predicted molar refractivity (Wildman–Crippen MR) is 319 cm³/mol. The van der Waals surface area contributed by atoms with Gasteiger partial charge in [-0.3, -0.25) is 14.2 Å². The van der Waals surface area contributed by atoms with Gasteiger partial charge in [-0.2, -0.15) is 0 Å². The van der Waals surface area contributed by atoms with E-state index in [1.807, 2.05) is 21.1 Å². The number of likely N-dealkylation sites (N-methyl/N-ethyl adjacent to an activating group) is 1. The van der Waals surface area contributed by atoms with Crippen molar-refractivity contribution in [2.75, 3.05) is 47.5 Å². The average Bonchev–Trinajstić information content (AvgIpc) is 3.37. The number of carbonyl (C=O) groups is 2. The molecule has 0 spiro atoms. The predicted octanol–water partition coefficient (Wildman–Crippen LogP) is 19.0. The van der Waals surface area contributed by atoms with E-state index >= 15 is 0 Å². The van der Waals surface area contributed by atoms with E-state index < -0.39 is 26.5 Å². The van der Waals surface area contributed by atoms with Gasteiger partial charge < -0.3 is 27.9 Å². The lowest BCUT2D eigenvalue weighted by molar-refractivity contribution is -0.870. The number of hydrogen-bond donors (Lipinski definition) is 0. The first-order valence-corrected chi connectivity index (χ1v) is 32.6. The highest BCUT2D eigenvalue weighted by Gasteiger charge is 2.22. The van der Waals surface area contributed by atoms with Crippen LogP contribution in [0.5, 0.6) is 0 Å². The zero-order valence-electron chi connectivity index (χ0n) is 49.5. The Bertz CT molecular complexity index is 1500. The summed E-state index contributed by atoms with van der Waals surface area (Å²) in [5.41, 5.74) is 0. The van der Waals surface area contributed by atoms with Crippen molar-refractivity contribution in [3.8, 4) is 0 Å². The van der Waals surface area contributed by atoms with Crippen LogP contribution < -0.4 is 4.89 Å². The van der Waals surface area contributed by atoms with E-state index in [0.717, 1.165) is 83.5 Å². The molecule has 2 atom stereocenters. The molecule has 0 heterocycles. The zero-order valence-corrected chi connectivity index (χ0v) is 50.4. The highest BCUT2D eigenvalue weighted by Crippen LogP contribution is 2.38. The van der Waals surface area contributed by atoms with Crippen LogP contribution in [0, 0.1) is 0 Å². The van der Waals surface area contributed by atoms with Crippen LogP contribution in [0.2, 0.25) is 0 Å². The van der Waals surface area contributed by atoms with Gasteiger partial charge in [-0.15, -0.1) is 0 Å². The molecule has 0 aliphatic rings. The third kappa shape index (κ3) is 60.5. The minimum atomic E-state index is -4.64. The molecule has 0 aliphatic carbocycles. The molecule has 10 heteroatoms. The highest BCUT2D eigenvalue weighted by atomic mass is 31.2. The molecule has 0 amide bonds. The Morgan fingerprint density at radius 2 is 0.760 bits per heavy atom. The van der Waals surface area contributed by atoms with Gasteiger partial charge in [0.05, 0.1) is 27.7 Å². The Hall–Kier alpha value is -2.55. The SMILES string of the molecule is CC/C=C\C/C=C\C/C=C\C/C=C\CCCCCCCCCCCCCCCCCCCCCCC(=O)OC(COC(=O)CCCCCCCCC/C=C\C/C=C\CCCCCC)COP(=O)([O-])OCC[N+](C)(C)C. The average molecular weight is 1070 g/mol. The van der Waals surface area contributed by atoms with Gasteiger partial charge in [0.2, 0.25) is 0 Å². The Morgan fingerprint density at radius 3 is 1.13 bits per heavy atom. The zero-order chi connectivity index (χ0) is 54.9. The molecule has 0 aromatic heterocycles. The summed E-state index contributed by atoms with van der Waals surface area (Å²) in [5.74, 6) is -0.834. The summed E-state index contributed by atoms with van der Waals surface area (Å²) in [4.78, 5) is 37.9. The molecular weight excluding hydrogens is 954 g/mol. The molecule has 0 saturated carbocycles. The quantitative estimate of drug-likeness (QED) is 0.0195. The van der Waals surface area contributed by atoms with Crippen molar-refractivity contribution in [3.63, 3.8) is 0 Å². The Morgan fingerprint density at radius 1 is 0.427 bits per heavy atom. The van der Waals surface area contributed by atoms with E-state index in [2.05, 4.69) is 86.8 Å². The van der Waals surface area contributed by atoms with E-state index in [1.165, 1.54) is 161 Å². The fourth-order valence-electron chi connectivity index (χ4n) is 8.68. The second-order valence-corrected chi connectivity index (χ2v) is 23.4. The second kappa shape index (κ2) is 56.2. The topological polar surface area (TPSA) is 111 Å². The summed E-state index contributed by atoms with van der Waals surface area (Å²) in [6, 6.07) is 0. The lowest BCUT2D eigenvalue weighted by atomic mass is 10.0. The van der Waals surface area contributed by atoms with Crippen molar-refractivity contribution >= 4 is 19.8 Å². The van der Waals surface area contributed by atoms with Gasteiger partial charge in [-0.05, 0) is 83.5 Å². The first kappa shape index (κ1) is 72.5. The number of ether oxygens (including phenoxy) is 2. The summed E-state index contributed by atoms with van der Waals surface area (Å²) in [6.45, 7) is 4.13. The Balaban J connectivity index is 4.04. The summed E-state index contributed by atoms with van der Waals surface area (Å²) < 4.78 is 34.2. The lowest BCUT2D eigenvalue weighted by Gasteiger charge is -2.28. The molecule has 0 fully saturated rings. The van der Waals surface area contributed by atoms with Crippen LogP contribution in [0.3, 0.4) is 0 Å². The van der Waals surface area contributed by atoms with Crippen molar-refractivity contribution in [2.24, 2.45) is 0 Å². The number of allylic oxidation sites excluding steroid dienone is 12. The van der Waals surface area contributed by atoms with Crippen LogP contribution in [0.4, 0.5) is 0 Å². The van der Waals surface area contributed by atoms with Crippen molar-refractivity contribution in [3.05, 3.63) is 72.9 Å². The lowest BCUT2D eigenvalue weighted by Crippen LogP contribution is -2.37. The molecule has 0 rings (SSSR count). The third-order valence-electron chi connectivity index (χ3n) is 13.5. The molecule has 0 radical (unpaired) electrons. The smallest absolute Gasteiger partial charge is 0.306 e. The first-order chi connectivity index (χ1) is 36.5. The van der Waals surface area contributed by atoms with Gasteiger partial charge in [-0.1, -0.05) is 254 Å².